The predicted molar refractivity (Wildman–Crippen MR) is 101 cm³/mol. The average molecular weight is 317 g/mol. The molecule has 0 N–H and O–H groups in total. The molecule has 1 heteroatoms. The highest BCUT2D eigenvalue weighted by atomic mass is 35.5. The minimum absolute atomic E-state index is 0.748. The van der Waals surface area contributed by atoms with Crippen LogP contribution in [0.1, 0.15) is 11.1 Å². The first-order valence-corrected chi connectivity index (χ1v) is 7.88. The molecule has 0 aliphatic rings. The summed E-state index contributed by atoms with van der Waals surface area (Å²) >= 11 is 5.89. The van der Waals surface area contributed by atoms with Crippen molar-refractivity contribution in [2.45, 2.75) is 0 Å². The largest absolute Gasteiger partial charge is 0.0912 e. The van der Waals surface area contributed by atoms with Crippen LogP contribution >= 0.6 is 11.6 Å². The Hall–Kier alpha value is -2.57. The lowest BCUT2D eigenvalue weighted by Crippen LogP contribution is -1.81. The second kappa shape index (κ2) is 7.13. The molecule has 0 radical (unpaired) electrons. The normalized spacial score (nSPS) is 10.8. The Labute approximate surface area is 142 Å². The molecule has 0 unspecified atom stereocenters. The molecule has 3 aromatic carbocycles. The highest BCUT2D eigenvalue weighted by molar-refractivity contribution is 6.30. The molecule has 0 aliphatic heterocycles. The van der Waals surface area contributed by atoms with Crippen molar-refractivity contribution in [3.05, 3.63) is 108 Å². The summed E-state index contributed by atoms with van der Waals surface area (Å²) in [7, 11) is 0. The first kappa shape index (κ1) is 15.3. The molecule has 0 bridgehead atoms. The zero-order valence-electron chi connectivity index (χ0n) is 12.7. The summed E-state index contributed by atoms with van der Waals surface area (Å²) in [6.07, 6.45) is 4.07. The maximum Gasteiger partial charge on any atom is 0.0406 e. The van der Waals surface area contributed by atoms with Crippen molar-refractivity contribution in [3.63, 3.8) is 0 Å². The van der Waals surface area contributed by atoms with Gasteiger partial charge in [-0.15, -0.1) is 0 Å². The Morgan fingerprint density at radius 2 is 1.35 bits per heavy atom. The van der Waals surface area contributed by atoms with Gasteiger partial charge in [0.1, 0.15) is 0 Å². The van der Waals surface area contributed by atoms with Gasteiger partial charge in [-0.05, 0) is 40.0 Å². The van der Waals surface area contributed by atoms with E-state index in [0.717, 1.165) is 21.7 Å². The van der Waals surface area contributed by atoms with Crippen LogP contribution in [-0.4, -0.2) is 0 Å². The average Bonchev–Trinajstić information content (AvgIpc) is 2.62. The summed E-state index contributed by atoms with van der Waals surface area (Å²) < 4.78 is 0. The number of hydrogen-bond acceptors (Lipinski definition) is 0. The van der Waals surface area contributed by atoms with Crippen molar-refractivity contribution in [3.8, 4) is 11.1 Å². The lowest BCUT2D eigenvalue weighted by molar-refractivity contribution is 1.58. The van der Waals surface area contributed by atoms with E-state index in [-0.39, 0.29) is 0 Å². The van der Waals surface area contributed by atoms with E-state index in [9.17, 15) is 0 Å². The first-order chi connectivity index (χ1) is 11.2. The van der Waals surface area contributed by atoms with Crippen LogP contribution in [0.5, 0.6) is 0 Å². The molecule has 0 saturated heterocycles. The molecule has 0 heterocycles. The third-order valence-corrected chi connectivity index (χ3v) is 3.96. The van der Waals surface area contributed by atoms with Gasteiger partial charge in [-0.2, -0.15) is 0 Å². The third kappa shape index (κ3) is 4.00. The summed E-state index contributed by atoms with van der Waals surface area (Å²) in [6.45, 7) is 4.15. The predicted octanol–water partition coefficient (Wildman–Crippen LogP) is 6.73. The third-order valence-electron chi connectivity index (χ3n) is 3.71. The highest BCUT2D eigenvalue weighted by Gasteiger charge is 1.99. The summed E-state index contributed by atoms with van der Waals surface area (Å²) in [4.78, 5) is 0. The van der Waals surface area contributed by atoms with E-state index < -0.39 is 0 Å². The molecule has 3 aromatic rings. The zero-order chi connectivity index (χ0) is 16.1. The van der Waals surface area contributed by atoms with Crippen LogP contribution in [0, 0.1) is 0 Å². The van der Waals surface area contributed by atoms with E-state index in [0.29, 0.717) is 0 Å². The first-order valence-electron chi connectivity index (χ1n) is 7.51. The number of rotatable bonds is 4. The van der Waals surface area contributed by atoms with E-state index in [1.807, 2.05) is 42.5 Å². The van der Waals surface area contributed by atoms with Crippen molar-refractivity contribution < 1.29 is 0 Å². The monoisotopic (exact) mass is 316 g/mol. The van der Waals surface area contributed by atoms with E-state index in [1.54, 1.807) is 0 Å². The van der Waals surface area contributed by atoms with Crippen molar-refractivity contribution in [2.24, 2.45) is 0 Å². The Bertz CT molecular complexity index is 810. The van der Waals surface area contributed by atoms with Crippen molar-refractivity contribution in [2.75, 3.05) is 0 Å². The fraction of sp³-hybridized carbons (Fsp3) is 0. The summed E-state index contributed by atoms with van der Waals surface area (Å²) in [5.41, 5.74) is 5.65. The highest BCUT2D eigenvalue weighted by Crippen LogP contribution is 2.22. The molecule has 23 heavy (non-hydrogen) atoms. The molecule has 0 saturated carbocycles. The van der Waals surface area contributed by atoms with Gasteiger partial charge in [0.15, 0.2) is 0 Å². The topological polar surface area (TPSA) is 0 Å². The molecule has 3 rings (SSSR count). The fourth-order valence-corrected chi connectivity index (χ4v) is 2.50. The summed E-state index contributed by atoms with van der Waals surface area (Å²) in [6, 6.07) is 26.6. The Morgan fingerprint density at radius 3 is 2.00 bits per heavy atom. The van der Waals surface area contributed by atoms with Gasteiger partial charge in [0.05, 0.1) is 0 Å². The molecule has 112 valence electrons. The fourth-order valence-electron chi connectivity index (χ4n) is 2.37. The van der Waals surface area contributed by atoms with Crippen LogP contribution < -0.4 is 0 Å². The molecule has 0 fully saturated rings. The molecule has 0 aromatic heterocycles. The minimum Gasteiger partial charge on any atom is -0.0912 e. The molecule has 0 aliphatic carbocycles. The van der Waals surface area contributed by atoms with Gasteiger partial charge in [-0.25, -0.2) is 0 Å². The van der Waals surface area contributed by atoms with Gasteiger partial charge in [0, 0.05) is 5.02 Å². The smallest absolute Gasteiger partial charge is 0.0406 e. The van der Waals surface area contributed by atoms with E-state index in [1.165, 1.54) is 11.1 Å². The SMILES string of the molecule is C=C(/C=C/c1ccc(Cl)cc1)c1ccc(-c2ccccc2)cc1. The quantitative estimate of drug-likeness (QED) is 0.468. The van der Waals surface area contributed by atoms with Gasteiger partial charge in [-0.3, -0.25) is 0 Å². The van der Waals surface area contributed by atoms with Crippen molar-refractivity contribution >= 4 is 23.3 Å². The minimum atomic E-state index is 0.748. The standard InChI is InChI=1S/C22H17Cl/c1-17(7-8-18-9-15-22(23)16-10-18)19-11-13-21(14-12-19)20-5-3-2-4-6-20/h2-16H,1H2/b8-7+. The maximum atomic E-state index is 5.89. The van der Waals surface area contributed by atoms with Gasteiger partial charge >= 0.3 is 0 Å². The molecule has 0 nitrogen and oxygen atoms in total. The summed E-state index contributed by atoms with van der Waals surface area (Å²) in [5.74, 6) is 0. The van der Waals surface area contributed by atoms with Gasteiger partial charge in [0.2, 0.25) is 0 Å². The molecular formula is C22H17Cl. The van der Waals surface area contributed by atoms with Crippen molar-refractivity contribution in [1.82, 2.24) is 0 Å². The van der Waals surface area contributed by atoms with Gasteiger partial charge in [-0.1, -0.05) is 97.1 Å². The van der Waals surface area contributed by atoms with Crippen LogP contribution in [0.2, 0.25) is 5.02 Å². The second-order valence-corrected chi connectivity index (χ2v) is 5.79. The lowest BCUT2D eigenvalue weighted by Gasteiger charge is -2.04. The molecular weight excluding hydrogens is 300 g/mol. The molecule has 0 spiro atoms. The molecule has 0 atom stereocenters. The van der Waals surface area contributed by atoms with Crippen LogP contribution in [0.4, 0.5) is 0 Å². The number of halogens is 1. The summed E-state index contributed by atoms with van der Waals surface area (Å²) in [5, 5.41) is 0.748. The lowest BCUT2D eigenvalue weighted by atomic mass is 10.0. The molecule has 0 amide bonds. The Balaban J connectivity index is 1.74. The van der Waals surface area contributed by atoms with E-state index >= 15 is 0 Å². The van der Waals surface area contributed by atoms with Crippen molar-refractivity contribution in [1.29, 1.82) is 0 Å². The number of benzene rings is 3. The maximum absolute atomic E-state index is 5.89. The Morgan fingerprint density at radius 1 is 0.739 bits per heavy atom. The van der Waals surface area contributed by atoms with Crippen LogP contribution in [0.25, 0.3) is 22.8 Å². The number of hydrogen-bond donors (Lipinski definition) is 0. The van der Waals surface area contributed by atoms with Crippen LogP contribution in [0.15, 0.2) is 91.5 Å². The number of allylic oxidation sites excluding steroid dienone is 2. The van der Waals surface area contributed by atoms with Crippen LogP contribution in [-0.2, 0) is 0 Å². The van der Waals surface area contributed by atoms with E-state index in [4.69, 9.17) is 11.6 Å². The second-order valence-electron chi connectivity index (χ2n) is 5.35. The van der Waals surface area contributed by atoms with Gasteiger partial charge < -0.3 is 0 Å². The van der Waals surface area contributed by atoms with E-state index in [2.05, 4.69) is 55.1 Å². The van der Waals surface area contributed by atoms with Crippen LogP contribution in [0.3, 0.4) is 0 Å². The zero-order valence-corrected chi connectivity index (χ0v) is 13.5. The van der Waals surface area contributed by atoms with Gasteiger partial charge in [0.25, 0.3) is 0 Å². The Kier molecular flexibility index (Phi) is 4.75.